The number of thiazole rings is 1. The third-order valence-electron chi connectivity index (χ3n) is 2.12. The van der Waals surface area contributed by atoms with Gasteiger partial charge in [-0.25, -0.2) is 13.4 Å². The number of hydrogen-bond acceptors (Lipinski definition) is 5. The topological polar surface area (TPSA) is 76.1 Å². The van der Waals surface area contributed by atoms with Gasteiger partial charge in [-0.3, -0.25) is 10.1 Å². The summed E-state index contributed by atoms with van der Waals surface area (Å²) in [6.07, 6.45) is 1.53. The number of carbonyl (C=O) groups is 1. The molecule has 0 saturated carbocycles. The lowest BCUT2D eigenvalue weighted by Gasteiger charge is -2.05. The predicted molar refractivity (Wildman–Crippen MR) is 74.6 cm³/mol. The van der Waals surface area contributed by atoms with Gasteiger partial charge in [0.25, 0.3) is 15.0 Å². The Morgan fingerprint density at radius 2 is 2.11 bits per heavy atom. The van der Waals surface area contributed by atoms with Crippen LogP contribution in [0.3, 0.4) is 0 Å². The quantitative estimate of drug-likeness (QED) is 0.874. The van der Waals surface area contributed by atoms with Gasteiger partial charge in [-0.15, -0.1) is 11.3 Å². The smallest absolute Gasteiger partial charge is 0.261 e. The highest BCUT2D eigenvalue weighted by molar-refractivity contribution is 8.13. The van der Waals surface area contributed by atoms with E-state index in [2.05, 4.69) is 10.3 Å². The van der Waals surface area contributed by atoms with Crippen molar-refractivity contribution in [3.05, 3.63) is 40.4 Å². The fraction of sp³-hybridized carbons (Fsp3) is 0. The van der Waals surface area contributed by atoms with E-state index in [1.807, 2.05) is 0 Å². The van der Waals surface area contributed by atoms with E-state index >= 15 is 0 Å². The van der Waals surface area contributed by atoms with Gasteiger partial charge < -0.3 is 0 Å². The highest BCUT2D eigenvalue weighted by Crippen LogP contribution is 2.24. The SMILES string of the molecule is O=C(Nc1nccs1)c1cc(S(=O)(=O)Cl)ccc1Cl. The van der Waals surface area contributed by atoms with Gasteiger partial charge in [-0.2, -0.15) is 0 Å². The van der Waals surface area contributed by atoms with Crippen LogP contribution in [0.5, 0.6) is 0 Å². The second-order valence-electron chi connectivity index (χ2n) is 3.37. The molecule has 1 amide bonds. The van der Waals surface area contributed by atoms with Gasteiger partial charge in [-0.1, -0.05) is 11.6 Å². The monoisotopic (exact) mass is 336 g/mol. The number of anilines is 1. The molecule has 0 spiro atoms. The molecule has 0 atom stereocenters. The van der Waals surface area contributed by atoms with Gasteiger partial charge in [0.1, 0.15) is 0 Å². The summed E-state index contributed by atoms with van der Waals surface area (Å²) >= 11 is 7.10. The maximum atomic E-state index is 11.9. The Morgan fingerprint density at radius 3 is 2.68 bits per heavy atom. The molecule has 0 aliphatic rings. The number of carbonyl (C=O) groups excluding carboxylic acids is 1. The summed E-state index contributed by atoms with van der Waals surface area (Å²) in [6, 6.07) is 3.64. The molecule has 0 aliphatic carbocycles. The number of halogens is 2. The number of benzene rings is 1. The molecule has 2 rings (SSSR count). The van der Waals surface area contributed by atoms with E-state index in [0.717, 1.165) is 6.07 Å². The molecular weight excluding hydrogens is 331 g/mol. The molecule has 19 heavy (non-hydrogen) atoms. The van der Waals surface area contributed by atoms with Crippen molar-refractivity contribution < 1.29 is 13.2 Å². The van der Waals surface area contributed by atoms with E-state index in [4.69, 9.17) is 22.3 Å². The van der Waals surface area contributed by atoms with E-state index in [1.54, 1.807) is 5.38 Å². The fourth-order valence-corrected chi connectivity index (χ4v) is 2.78. The largest absolute Gasteiger partial charge is 0.298 e. The lowest BCUT2D eigenvalue weighted by molar-refractivity contribution is 0.102. The minimum atomic E-state index is -3.92. The van der Waals surface area contributed by atoms with Crippen molar-refractivity contribution in [3.63, 3.8) is 0 Å². The summed E-state index contributed by atoms with van der Waals surface area (Å²) in [5.41, 5.74) is 0.0126. The third-order valence-corrected chi connectivity index (χ3v) is 4.49. The molecule has 2 aromatic rings. The minimum Gasteiger partial charge on any atom is -0.298 e. The van der Waals surface area contributed by atoms with Crippen molar-refractivity contribution in [2.45, 2.75) is 4.90 Å². The summed E-state index contributed by atoms with van der Waals surface area (Å²) in [4.78, 5) is 15.6. The van der Waals surface area contributed by atoms with Crippen LogP contribution in [0.25, 0.3) is 0 Å². The van der Waals surface area contributed by atoms with E-state index < -0.39 is 15.0 Å². The first-order valence-electron chi connectivity index (χ1n) is 4.83. The first kappa shape index (κ1) is 14.3. The Hall–Kier alpha value is -1.15. The predicted octanol–water partition coefficient (Wildman–Crippen LogP) is 2.98. The summed E-state index contributed by atoms with van der Waals surface area (Å²) in [7, 11) is 1.30. The number of hydrogen-bond donors (Lipinski definition) is 1. The molecule has 0 bridgehead atoms. The number of nitrogens with one attached hydrogen (secondary N) is 1. The fourth-order valence-electron chi connectivity index (χ4n) is 1.28. The molecule has 5 nitrogen and oxygen atoms in total. The maximum Gasteiger partial charge on any atom is 0.261 e. The normalized spacial score (nSPS) is 11.3. The lowest BCUT2D eigenvalue weighted by atomic mass is 10.2. The highest BCUT2D eigenvalue weighted by atomic mass is 35.7. The van der Waals surface area contributed by atoms with Crippen LogP contribution in [0.2, 0.25) is 5.02 Å². The number of aromatic nitrogens is 1. The van der Waals surface area contributed by atoms with Crippen LogP contribution in [-0.4, -0.2) is 19.3 Å². The Kier molecular flexibility index (Phi) is 4.10. The average molecular weight is 337 g/mol. The molecule has 100 valence electrons. The molecule has 9 heteroatoms. The second kappa shape index (κ2) is 5.46. The van der Waals surface area contributed by atoms with Gasteiger partial charge >= 0.3 is 0 Å². The molecule has 0 unspecified atom stereocenters. The van der Waals surface area contributed by atoms with Gasteiger partial charge in [0.15, 0.2) is 5.13 Å². The summed E-state index contributed by atoms with van der Waals surface area (Å²) < 4.78 is 22.4. The summed E-state index contributed by atoms with van der Waals surface area (Å²) in [5, 5.41) is 4.71. The summed E-state index contributed by atoms with van der Waals surface area (Å²) in [5.74, 6) is -0.554. The van der Waals surface area contributed by atoms with Crippen molar-refractivity contribution in [1.29, 1.82) is 0 Å². The maximum absolute atomic E-state index is 11.9. The zero-order valence-corrected chi connectivity index (χ0v) is 12.3. The number of nitrogens with zero attached hydrogens (tertiary/aromatic N) is 1. The van der Waals surface area contributed by atoms with Gasteiger partial charge in [0.2, 0.25) is 0 Å². The molecule has 1 aromatic heterocycles. The van der Waals surface area contributed by atoms with Crippen LogP contribution in [0.4, 0.5) is 5.13 Å². The molecule has 0 fully saturated rings. The van der Waals surface area contributed by atoms with Crippen molar-refractivity contribution >= 4 is 53.7 Å². The van der Waals surface area contributed by atoms with Gasteiger partial charge in [0.05, 0.1) is 15.5 Å². The number of rotatable bonds is 3. The van der Waals surface area contributed by atoms with Gasteiger partial charge in [0, 0.05) is 22.3 Å². The van der Waals surface area contributed by atoms with E-state index in [9.17, 15) is 13.2 Å². The average Bonchev–Trinajstić information content (AvgIpc) is 2.80. The number of amides is 1. The van der Waals surface area contributed by atoms with Crippen molar-refractivity contribution in [2.75, 3.05) is 5.32 Å². The van der Waals surface area contributed by atoms with Crippen LogP contribution < -0.4 is 5.32 Å². The van der Waals surface area contributed by atoms with Crippen LogP contribution in [0, 0.1) is 0 Å². The second-order valence-corrected chi connectivity index (χ2v) is 7.24. The molecule has 1 heterocycles. The molecule has 0 aliphatic heterocycles. The first-order valence-corrected chi connectivity index (χ1v) is 8.39. The standard InChI is InChI=1S/C10H6Cl2N2O3S2/c11-8-2-1-6(19(12,16)17)5-7(8)9(15)14-10-13-3-4-18-10/h1-5H,(H,13,14,15). The van der Waals surface area contributed by atoms with E-state index in [0.29, 0.717) is 5.13 Å². The van der Waals surface area contributed by atoms with Crippen LogP contribution in [-0.2, 0) is 9.05 Å². The zero-order valence-electron chi connectivity index (χ0n) is 9.13. The van der Waals surface area contributed by atoms with Crippen LogP contribution in [0.1, 0.15) is 10.4 Å². The van der Waals surface area contributed by atoms with Crippen molar-refractivity contribution in [2.24, 2.45) is 0 Å². The van der Waals surface area contributed by atoms with Crippen molar-refractivity contribution in [3.8, 4) is 0 Å². The molecular formula is C10H6Cl2N2O3S2. The van der Waals surface area contributed by atoms with Gasteiger partial charge in [-0.05, 0) is 18.2 Å². The highest BCUT2D eigenvalue weighted by Gasteiger charge is 2.17. The van der Waals surface area contributed by atoms with E-state index in [1.165, 1.54) is 29.7 Å². The molecule has 1 aromatic carbocycles. The Balaban J connectivity index is 2.36. The lowest BCUT2D eigenvalue weighted by Crippen LogP contribution is -2.12. The molecule has 0 radical (unpaired) electrons. The first-order chi connectivity index (χ1) is 8.88. The van der Waals surface area contributed by atoms with Crippen LogP contribution >= 0.6 is 33.6 Å². The Bertz CT molecular complexity index is 714. The molecule has 1 N–H and O–H groups in total. The third kappa shape index (κ3) is 3.44. The summed E-state index contributed by atoms with van der Waals surface area (Å²) in [6.45, 7) is 0. The Labute approximate surface area is 122 Å². The zero-order chi connectivity index (χ0) is 14.0. The Morgan fingerprint density at radius 1 is 1.37 bits per heavy atom. The van der Waals surface area contributed by atoms with Crippen LogP contribution in [0.15, 0.2) is 34.7 Å². The minimum absolute atomic E-state index is 0.0126. The molecule has 0 saturated heterocycles. The van der Waals surface area contributed by atoms with E-state index in [-0.39, 0.29) is 15.5 Å². The van der Waals surface area contributed by atoms with Crippen molar-refractivity contribution in [1.82, 2.24) is 4.98 Å².